The first-order valence-electron chi connectivity index (χ1n) is 6.99. The minimum absolute atomic E-state index is 0.152. The number of nitrogens with two attached hydrogens (primary N) is 1. The van der Waals surface area contributed by atoms with Gasteiger partial charge in [0, 0.05) is 12.5 Å². The molecule has 1 aromatic heterocycles. The van der Waals surface area contributed by atoms with Crippen molar-refractivity contribution in [2.45, 2.75) is 30.2 Å². The first kappa shape index (κ1) is 18.1. The average molecular weight is 368 g/mol. The Morgan fingerprint density at radius 1 is 1.52 bits per heavy atom. The van der Waals surface area contributed by atoms with Crippen LogP contribution in [-0.4, -0.2) is 36.8 Å². The fraction of sp³-hybridized carbons (Fsp3) is 0.538. The lowest BCUT2D eigenvalue weighted by atomic mass is 10.2. The Labute approximate surface area is 139 Å². The monoisotopic (exact) mass is 368 g/mol. The molecule has 0 spiro atoms. The van der Waals surface area contributed by atoms with Crippen LogP contribution in [-0.2, 0) is 9.63 Å². The summed E-state index contributed by atoms with van der Waals surface area (Å²) in [5.41, 5.74) is 5.96. The van der Waals surface area contributed by atoms with Crippen LogP contribution in [0.15, 0.2) is 10.3 Å². The normalized spacial score (nSPS) is 20.9. The number of halogens is 3. The van der Waals surface area contributed by atoms with Crippen molar-refractivity contribution in [3.63, 3.8) is 0 Å². The van der Waals surface area contributed by atoms with Crippen LogP contribution in [0.25, 0.3) is 0 Å². The molecule has 0 radical (unpaired) electrons. The van der Waals surface area contributed by atoms with E-state index in [0.29, 0.717) is 22.7 Å². The Morgan fingerprint density at radius 2 is 2.22 bits per heavy atom. The molecular formula is C13H17F3N3O2S2+. The van der Waals surface area contributed by atoms with Crippen molar-refractivity contribution >= 4 is 40.6 Å². The van der Waals surface area contributed by atoms with Crippen LogP contribution in [0, 0.1) is 5.41 Å². The molecule has 2 heterocycles. The molecule has 0 aromatic carbocycles. The highest BCUT2D eigenvalue weighted by Crippen LogP contribution is 2.46. The number of carbonyl (C=O) groups excluding carboxylic acids is 1. The largest absolute Gasteiger partial charge is 0.497 e. The van der Waals surface area contributed by atoms with Crippen LogP contribution >= 0.6 is 23.1 Å². The highest BCUT2D eigenvalue weighted by Gasteiger charge is 2.50. The third-order valence-electron chi connectivity index (χ3n) is 3.43. The molecule has 23 heavy (non-hydrogen) atoms. The summed E-state index contributed by atoms with van der Waals surface area (Å²) in [5.74, 6) is -1.82. The van der Waals surface area contributed by atoms with Crippen molar-refractivity contribution in [3.8, 4) is 0 Å². The summed E-state index contributed by atoms with van der Waals surface area (Å²) in [6.07, 6.45) is -3.67. The van der Waals surface area contributed by atoms with E-state index in [2.05, 4.69) is 0 Å². The number of hydrogen-bond donors (Lipinski definition) is 2. The SMILES string of the molecule is CCCC[N+]1(OC(=O)C(F)(F)F)CCSc2sc(C(=N)N)cc21. The van der Waals surface area contributed by atoms with Gasteiger partial charge in [-0.15, -0.1) is 23.1 Å². The van der Waals surface area contributed by atoms with Gasteiger partial charge in [0.05, 0.1) is 10.6 Å². The van der Waals surface area contributed by atoms with Gasteiger partial charge in [-0.25, -0.2) is 4.79 Å². The number of nitrogens with zero attached hydrogens (tertiary/aromatic N) is 1. The number of thiophene rings is 1. The van der Waals surface area contributed by atoms with E-state index >= 15 is 0 Å². The molecule has 1 atom stereocenters. The lowest BCUT2D eigenvalue weighted by Crippen LogP contribution is -2.55. The molecule has 0 amide bonds. The first-order valence-corrected chi connectivity index (χ1v) is 8.79. The van der Waals surface area contributed by atoms with Crippen LogP contribution < -0.4 is 10.4 Å². The van der Waals surface area contributed by atoms with Gasteiger partial charge in [-0.05, 0) is 0 Å². The van der Waals surface area contributed by atoms with Crippen molar-refractivity contribution in [1.29, 1.82) is 5.41 Å². The van der Waals surface area contributed by atoms with Crippen LogP contribution in [0.4, 0.5) is 18.9 Å². The summed E-state index contributed by atoms with van der Waals surface area (Å²) in [6, 6.07) is 1.56. The fourth-order valence-electron chi connectivity index (χ4n) is 2.29. The van der Waals surface area contributed by atoms with Gasteiger partial charge in [-0.2, -0.15) is 13.2 Å². The molecule has 3 N–H and O–H groups in total. The Bertz CT molecular complexity index is 618. The van der Waals surface area contributed by atoms with E-state index in [1.807, 2.05) is 6.92 Å². The predicted octanol–water partition coefficient (Wildman–Crippen LogP) is 3.27. The number of hydroxylamine groups is 2. The van der Waals surface area contributed by atoms with Crippen molar-refractivity contribution in [1.82, 2.24) is 4.65 Å². The summed E-state index contributed by atoms with van der Waals surface area (Å²) in [6.45, 7) is 2.43. The van der Waals surface area contributed by atoms with E-state index in [1.54, 1.807) is 6.07 Å². The van der Waals surface area contributed by atoms with E-state index in [-0.39, 0.29) is 18.9 Å². The van der Waals surface area contributed by atoms with Gasteiger partial charge in [-0.3, -0.25) is 10.2 Å². The standard InChI is InChI=1S/C13H17F3N3O2S2/c1-2-3-4-19(21-12(20)13(14,15)16)5-6-22-11-8(19)7-9(23-11)10(17)18/h7H,2-6H2,1H3,(H3,17,18)/q+1. The van der Waals surface area contributed by atoms with Crippen molar-refractivity contribution < 1.29 is 22.8 Å². The molecule has 1 aromatic rings. The van der Waals surface area contributed by atoms with Crippen LogP contribution in [0.5, 0.6) is 0 Å². The van der Waals surface area contributed by atoms with Gasteiger partial charge >= 0.3 is 12.1 Å². The van der Waals surface area contributed by atoms with Crippen molar-refractivity contribution in [2.75, 3.05) is 18.8 Å². The second kappa shape index (κ2) is 6.70. The average Bonchev–Trinajstić information content (AvgIpc) is 2.90. The number of alkyl halides is 3. The molecule has 5 nitrogen and oxygen atoms in total. The Balaban J connectivity index is 2.43. The molecule has 0 saturated carbocycles. The van der Waals surface area contributed by atoms with Crippen LogP contribution in [0.3, 0.4) is 0 Å². The predicted molar refractivity (Wildman–Crippen MR) is 84.6 cm³/mol. The number of nitrogens with one attached hydrogen (secondary N) is 1. The zero-order valence-electron chi connectivity index (χ0n) is 12.4. The molecule has 1 aliphatic rings. The second-order valence-electron chi connectivity index (χ2n) is 5.11. The maximum Gasteiger partial charge on any atom is 0.497 e. The van der Waals surface area contributed by atoms with E-state index in [0.717, 1.165) is 10.6 Å². The molecular weight excluding hydrogens is 351 g/mol. The molecule has 1 unspecified atom stereocenters. The van der Waals surface area contributed by atoms with Gasteiger partial charge in [0.25, 0.3) is 0 Å². The molecule has 1 aliphatic heterocycles. The van der Waals surface area contributed by atoms with Crippen LogP contribution in [0.2, 0.25) is 0 Å². The molecule has 0 aliphatic carbocycles. The maximum atomic E-state index is 12.7. The minimum atomic E-state index is -5.04. The number of unbranched alkanes of at least 4 members (excludes halogenated alkanes) is 1. The molecule has 0 saturated heterocycles. The van der Waals surface area contributed by atoms with Gasteiger partial charge in [-0.1, -0.05) is 18.0 Å². The summed E-state index contributed by atoms with van der Waals surface area (Å²) in [4.78, 5) is 16.8. The number of thioether (sulfide) groups is 1. The van der Waals surface area contributed by atoms with E-state index in [4.69, 9.17) is 16.0 Å². The number of carbonyl (C=O) groups is 1. The van der Waals surface area contributed by atoms with E-state index < -0.39 is 16.8 Å². The summed E-state index contributed by atoms with van der Waals surface area (Å²) < 4.78 is 38.2. The number of fused-ring (bicyclic) bond motifs is 1. The number of rotatable bonds is 5. The first-order chi connectivity index (χ1) is 10.7. The van der Waals surface area contributed by atoms with Crippen molar-refractivity contribution in [3.05, 3.63) is 10.9 Å². The van der Waals surface area contributed by atoms with Gasteiger partial charge < -0.3 is 5.73 Å². The highest BCUT2D eigenvalue weighted by molar-refractivity contribution is 8.01. The summed E-state index contributed by atoms with van der Waals surface area (Å²) in [5, 5.41) is 7.51. The van der Waals surface area contributed by atoms with Crippen molar-refractivity contribution in [2.24, 2.45) is 5.73 Å². The minimum Gasteiger partial charge on any atom is -0.383 e. The Morgan fingerprint density at radius 3 is 2.78 bits per heavy atom. The maximum absolute atomic E-state index is 12.7. The number of hydrogen-bond acceptors (Lipinski definition) is 5. The smallest absolute Gasteiger partial charge is 0.383 e. The summed E-state index contributed by atoms with van der Waals surface area (Å²) >= 11 is 2.71. The quantitative estimate of drug-likeness (QED) is 0.475. The Kier molecular flexibility index (Phi) is 5.27. The van der Waals surface area contributed by atoms with Gasteiger partial charge in [0.2, 0.25) is 0 Å². The topological polar surface area (TPSA) is 76.2 Å². The van der Waals surface area contributed by atoms with Gasteiger partial charge in [0.1, 0.15) is 23.1 Å². The second-order valence-corrected chi connectivity index (χ2v) is 7.53. The fourth-order valence-corrected chi connectivity index (χ4v) is 4.80. The molecule has 0 bridgehead atoms. The molecule has 0 fully saturated rings. The Hall–Kier alpha value is -1.26. The molecule has 10 heteroatoms. The molecule has 2 rings (SSSR count). The highest BCUT2D eigenvalue weighted by atomic mass is 32.2. The summed E-state index contributed by atoms with van der Waals surface area (Å²) in [7, 11) is 0. The number of amidine groups is 1. The zero-order valence-corrected chi connectivity index (χ0v) is 14.0. The lowest BCUT2D eigenvalue weighted by molar-refractivity contribution is -0.234. The van der Waals surface area contributed by atoms with Crippen LogP contribution in [0.1, 0.15) is 24.6 Å². The van der Waals surface area contributed by atoms with E-state index in [1.165, 1.54) is 23.1 Å². The number of nitrogen functional groups attached to an aromatic ring is 1. The van der Waals surface area contributed by atoms with E-state index in [9.17, 15) is 18.0 Å². The zero-order chi connectivity index (χ0) is 17.3. The third-order valence-corrected chi connectivity index (χ3v) is 5.85. The third kappa shape index (κ3) is 3.81. The molecule has 128 valence electrons. The lowest BCUT2D eigenvalue weighted by Gasteiger charge is -2.36. The number of quaternary nitrogens is 1. The van der Waals surface area contributed by atoms with Gasteiger partial charge in [0.15, 0.2) is 5.69 Å².